The molecule has 0 spiro atoms. The van der Waals surface area contributed by atoms with E-state index in [1.807, 2.05) is 24.5 Å². The van der Waals surface area contributed by atoms with Gasteiger partial charge in [0, 0.05) is 30.9 Å². The first-order chi connectivity index (χ1) is 18.7. The third-order valence-electron chi connectivity index (χ3n) is 8.23. The number of rotatable bonds is 7. The van der Waals surface area contributed by atoms with Crippen molar-refractivity contribution < 1.29 is 9.13 Å². The predicted molar refractivity (Wildman–Crippen MR) is 150 cm³/mol. The van der Waals surface area contributed by atoms with Gasteiger partial charge in [-0.3, -0.25) is 10.00 Å². The van der Waals surface area contributed by atoms with Crippen LogP contribution in [0.15, 0.2) is 79.1 Å². The highest BCUT2D eigenvalue weighted by Gasteiger charge is 2.31. The summed E-state index contributed by atoms with van der Waals surface area (Å²) in [6.07, 6.45) is 9.07. The molecule has 5 nitrogen and oxygen atoms in total. The Kier molecular flexibility index (Phi) is 7.25. The van der Waals surface area contributed by atoms with Gasteiger partial charge in [-0.25, -0.2) is 4.39 Å². The molecular formula is C32H35FN4O. The van der Waals surface area contributed by atoms with Crippen molar-refractivity contribution in [1.29, 1.82) is 0 Å². The summed E-state index contributed by atoms with van der Waals surface area (Å²) in [5, 5.41) is 7.33. The SMILES string of the molecule is COc1cc(-c2ccc(-c3ccc(F)cc3)cc2)cc(C(c2cn[nH]c2)N2CCC(N3CCCC3)CC2)c1. The van der Waals surface area contributed by atoms with Gasteiger partial charge in [0.25, 0.3) is 0 Å². The number of ether oxygens (including phenoxy) is 1. The number of nitrogens with zero attached hydrogens (tertiary/aromatic N) is 3. The van der Waals surface area contributed by atoms with E-state index in [1.165, 1.54) is 62.0 Å². The van der Waals surface area contributed by atoms with Crippen LogP contribution in [0, 0.1) is 5.82 Å². The van der Waals surface area contributed by atoms with E-state index in [2.05, 4.69) is 62.5 Å². The second kappa shape index (κ2) is 11.1. The number of halogens is 1. The molecule has 4 aromatic rings. The standard InChI is InChI=1S/C32H35FN4O/c1-38-31-19-26(25-6-4-23(5-7-25)24-8-10-29(33)11-9-24)18-27(20-31)32(28-21-34-35-22-28)37-16-12-30(13-17-37)36-14-2-3-15-36/h4-11,18-22,30,32H,2-3,12-17H2,1H3,(H,34,35). The van der Waals surface area contributed by atoms with E-state index in [0.29, 0.717) is 6.04 Å². The van der Waals surface area contributed by atoms with Gasteiger partial charge in [-0.05, 0) is 96.9 Å². The van der Waals surface area contributed by atoms with E-state index < -0.39 is 0 Å². The van der Waals surface area contributed by atoms with E-state index in [-0.39, 0.29) is 11.9 Å². The van der Waals surface area contributed by atoms with Gasteiger partial charge in [0.15, 0.2) is 0 Å². The van der Waals surface area contributed by atoms with Crippen LogP contribution in [-0.4, -0.2) is 59.3 Å². The average Bonchev–Trinajstić information content (AvgIpc) is 3.70. The molecule has 0 saturated carbocycles. The average molecular weight is 511 g/mol. The van der Waals surface area contributed by atoms with Crippen LogP contribution < -0.4 is 4.74 Å². The van der Waals surface area contributed by atoms with Gasteiger partial charge in [0.1, 0.15) is 11.6 Å². The van der Waals surface area contributed by atoms with Crippen molar-refractivity contribution in [3.05, 3.63) is 96.1 Å². The lowest BCUT2D eigenvalue weighted by molar-refractivity contribution is 0.108. The van der Waals surface area contributed by atoms with Gasteiger partial charge in [0.2, 0.25) is 0 Å². The van der Waals surface area contributed by atoms with Crippen LogP contribution >= 0.6 is 0 Å². The number of hydrogen-bond donors (Lipinski definition) is 1. The first kappa shape index (κ1) is 24.8. The number of aromatic amines is 1. The lowest BCUT2D eigenvalue weighted by atomic mass is 9.92. The molecule has 38 heavy (non-hydrogen) atoms. The topological polar surface area (TPSA) is 44.4 Å². The van der Waals surface area contributed by atoms with E-state index in [1.54, 1.807) is 7.11 Å². The summed E-state index contributed by atoms with van der Waals surface area (Å²) in [6.45, 7) is 4.65. The molecule has 0 bridgehead atoms. The molecule has 2 aliphatic heterocycles. The Morgan fingerprint density at radius 2 is 1.45 bits per heavy atom. The number of H-pyrrole nitrogens is 1. The normalized spacial score (nSPS) is 18.1. The Morgan fingerprint density at radius 3 is 2.05 bits per heavy atom. The van der Waals surface area contributed by atoms with Crippen molar-refractivity contribution in [3.63, 3.8) is 0 Å². The number of hydrogen-bond acceptors (Lipinski definition) is 4. The number of likely N-dealkylation sites (tertiary alicyclic amines) is 2. The molecule has 1 N–H and O–H groups in total. The zero-order chi connectivity index (χ0) is 25.9. The highest BCUT2D eigenvalue weighted by atomic mass is 19.1. The quantitative estimate of drug-likeness (QED) is 0.307. The molecule has 6 rings (SSSR count). The van der Waals surface area contributed by atoms with Gasteiger partial charge in [-0.1, -0.05) is 36.4 Å². The maximum absolute atomic E-state index is 13.4. The number of aromatic nitrogens is 2. The lowest BCUT2D eigenvalue weighted by Gasteiger charge is -2.40. The first-order valence-electron chi connectivity index (χ1n) is 13.7. The fourth-order valence-corrected chi connectivity index (χ4v) is 6.20. The second-order valence-electron chi connectivity index (χ2n) is 10.5. The maximum atomic E-state index is 13.4. The summed E-state index contributed by atoms with van der Waals surface area (Å²) in [5.41, 5.74) is 6.69. The van der Waals surface area contributed by atoms with Gasteiger partial charge < -0.3 is 9.64 Å². The second-order valence-corrected chi connectivity index (χ2v) is 10.5. The molecule has 6 heteroatoms. The smallest absolute Gasteiger partial charge is 0.123 e. The van der Waals surface area contributed by atoms with Crippen molar-refractivity contribution >= 4 is 0 Å². The minimum absolute atomic E-state index is 0.112. The lowest BCUT2D eigenvalue weighted by Crippen LogP contribution is -2.45. The van der Waals surface area contributed by atoms with Crippen LogP contribution in [-0.2, 0) is 0 Å². The molecule has 0 aliphatic carbocycles. The predicted octanol–water partition coefficient (Wildman–Crippen LogP) is 6.54. The molecule has 3 aromatic carbocycles. The van der Waals surface area contributed by atoms with Crippen molar-refractivity contribution in [2.45, 2.75) is 37.8 Å². The minimum atomic E-state index is -0.221. The molecule has 2 saturated heterocycles. The van der Waals surface area contributed by atoms with Gasteiger partial charge in [-0.2, -0.15) is 5.10 Å². The third-order valence-corrected chi connectivity index (χ3v) is 8.23. The molecule has 1 aromatic heterocycles. The monoisotopic (exact) mass is 510 g/mol. The molecular weight excluding hydrogens is 475 g/mol. The van der Waals surface area contributed by atoms with E-state index in [9.17, 15) is 4.39 Å². The Labute approximate surface area is 224 Å². The van der Waals surface area contributed by atoms with Crippen LogP contribution in [0.1, 0.15) is 42.9 Å². The Morgan fingerprint density at radius 1 is 0.816 bits per heavy atom. The number of benzene rings is 3. The van der Waals surface area contributed by atoms with Crippen LogP contribution in [0.2, 0.25) is 0 Å². The van der Waals surface area contributed by atoms with Gasteiger partial charge >= 0.3 is 0 Å². The molecule has 0 radical (unpaired) electrons. The Bertz CT molecular complexity index is 1320. The van der Waals surface area contributed by atoms with Crippen molar-refractivity contribution in [2.75, 3.05) is 33.3 Å². The van der Waals surface area contributed by atoms with Crippen LogP contribution in [0.4, 0.5) is 4.39 Å². The van der Waals surface area contributed by atoms with Crippen LogP contribution in [0.5, 0.6) is 5.75 Å². The van der Waals surface area contributed by atoms with E-state index >= 15 is 0 Å². The highest BCUT2D eigenvalue weighted by Crippen LogP contribution is 2.37. The Hall–Kier alpha value is -3.48. The fraction of sp³-hybridized carbons (Fsp3) is 0.344. The summed E-state index contributed by atoms with van der Waals surface area (Å²) in [7, 11) is 1.73. The molecule has 2 aliphatic rings. The summed E-state index contributed by atoms with van der Waals surface area (Å²) in [5.74, 6) is 0.627. The van der Waals surface area contributed by atoms with E-state index in [4.69, 9.17) is 4.74 Å². The molecule has 1 atom stereocenters. The van der Waals surface area contributed by atoms with Gasteiger partial charge in [-0.15, -0.1) is 0 Å². The van der Waals surface area contributed by atoms with Crippen molar-refractivity contribution in [3.8, 4) is 28.0 Å². The highest BCUT2D eigenvalue weighted by molar-refractivity contribution is 5.72. The fourth-order valence-electron chi connectivity index (χ4n) is 6.20. The summed E-state index contributed by atoms with van der Waals surface area (Å²) < 4.78 is 19.1. The summed E-state index contributed by atoms with van der Waals surface area (Å²) in [6, 6.07) is 22.5. The largest absolute Gasteiger partial charge is 0.497 e. The number of methoxy groups -OCH3 is 1. The van der Waals surface area contributed by atoms with Crippen molar-refractivity contribution in [2.24, 2.45) is 0 Å². The van der Waals surface area contributed by atoms with Crippen molar-refractivity contribution in [1.82, 2.24) is 20.0 Å². The number of piperidine rings is 1. The molecule has 0 amide bonds. The molecule has 3 heterocycles. The molecule has 196 valence electrons. The Balaban J connectivity index is 1.29. The zero-order valence-electron chi connectivity index (χ0n) is 21.9. The van der Waals surface area contributed by atoms with E-state index in [0.717, 1.165) is 41.1 Å². The zero-order valence-corrected chi connectivity index (χ0v) is 21.9. The van der Waals surface area contributed by atoms with Crippen LogP contribution in [0.25, 0.3) is 22.3 Å². The molecule has 1 unspecified atom stereocenters. The third kappa shape index (κ3) is 5.24. The minimum Gasteiger partial charge on any atom is -0.497 e. The summed E-state index contributed by atoms with van der Waals surface area (Å²) >= 11 is 0. The maximum Gasteiger partial charge on any atom is 0.123 e. The first-order valence-corrected chi connectivity index (χ1v) is 13.7. The van der Waals surface area contributed by atoms with Crippen LogP contribution in [0.3, 0.4) is 0 Å². The molecule has 2 fully saturated rings. The number of nitrogens with one attached hydrogen (secondary N) is 1. The van der Waals surface area contributed by atoms with Gasteiger partial charge in [0.05, 0.1) is 19.3 Å². The summed E-state index contributed by atoms with van der Waals surface area (Å²) in [4.78, 5) is 5.30.